The molecule has 0 bridgehead atoms. The summed E-state index contributed by atoms with van der Waals surface area (Å²) in [5, 5.41) is 3.24. The highest BCUT2D eigenvalue weighted by Crippen LogP contribution is 2.07. The first-order valence-corrected chi connectivity index (χ1v) is 5.72. The molecule has 18 heavy (non-hydrogen) atoms. The lowest BCUT2D eigenvalue weighted by molar-refractivity contribution is 0.397. The van der Waals surface area contributed by atoms with Crippen molar-refractivity contribution in [2.45, 2.75) is 13.1 Å². The highest BCUT2D eigenvalue weighted by atomic mass is 19.1. The lowest BCUT2D eigenvalue weighted by atomic mass is 10.2. The lowest BCUT2D eigenvalue weighted by Crippen LogP contribution is -2.12. The number of halogens is 1. The summed E-state index contributed by atoms with van der Waals surface area (Å²) in [5.41, 5.74) is 1.99. The largest absolute Gasteiger partial charge is 0.481 e. The van der Waals surface area contributed by atoms with Gasteiger partial charge in [0.25, 0.3) is 0 Å². The van der Waals surface area contributed by atoms with Gasteiger partial charge in [-0.1, -0.05) is 18.2 Å². The molecule has 2 rings (SSSR count). The Bertz CT molecular complexity index is 499. The van der Waals surface area contributed by atoms with Crippen LogP contribution in [0.5, 0.6) is 5.88 Å². The highest BCUT2D eigenvalue weighted by molar-refractivity contribution is 5.18. The van der Waals surface area contributed by atoms with Crippen LogP contribution in [0.4, 0.5) is 4.39 Å². The van der Waals surface area contributed by atoms with E-state index in [1.165, 1.54) is 12.1 Å². The van der Waals surface area contributed by atoms with Crippen molar-refractivity contribution in [3.63, 3.8) is 0 Å². The summed E-state index contributed by atoms with van der Waals surface area (Å²) in [5.74, 6) is 0.393. The molecule has 1 heterocycles. The fourth-order valence-corrected chi connectivity index (χ4v) is 1.63. The number of nitrogens with one attached hydrogen (secondary N) is 1. The second-order valence-electron chi connectivity index (χ2n) is 3.94. The second kappa shape index (κ2) is 6.12. The van der Waals surface area contributed by atoms with Crippen molar-refractivity contribution < 1.29 is 9.13 Å². The van der Waals surface area contributed by atoms with E-state index in [9.17, 15) is 4.39 Å². The van der Waals surface area contributed by atoms with Crippen LogP contribution in [0.15, 0.2) is 42.6 Å². The molecule has 4 heteroatoms. The van der Waals surface area contributed by atoms with Crippen LogP contribution in [0.2, 0.25) is 0 Å². The Labute approximate surface area is 106 Å². The summed E-state index contributed by atoms with van der Waals surface area (Å²) in [6.45, 7) is 1.32. The summed E-state index contributed by atoms with van der Waals surface area (Å²) in [7, 11) is 1.59. The van der Waals surface area contributed by atoms with Crippen LogP contribution in [0.3, 0.4) is 0 Å². The van der Waals surface area contributed by atoms with Gasteiger partial charge in [0.1, 0.15) is 5.82 Å². The summed E-state index contributed by atoms with van der Waals surface area (Å²) < 4.78 is 17.9. The van der Waals surface area contributed by atoms with Gasteiger partial charge in [-0.3, -0.25) is 0 Å². The minimum atomic E-state index is -0.208. The van der Waals surface area contributed by atoms with Gasteiger partial charge >= 0.3 is 0 Å². The SMILES string of the molecule is COc1ccc(CNCc2cccc(F)c2)cn1. The lowest BCUT2D eigenvalue weighted by Gasteiger charge is -2.05. The molecule has 0 aliphatic rings. The van der Waals surface area contributed by atoms with E-state index in [2.05, 4.69) is 10.3 Å². The normalized spacial score (nSPS) is 10.3. The quantitative estimate of drug-likeness (QED) is 0.880. The van der Waals surface area contributed by atoms with Crippen molar-refractivity contribution in [3.05, 3.63) is 59.5 Å². The molecule has 94 valence electrons. The molecule has 1 aromatic carbocycles. The van der Waals surface area contributed by atoms with Crippen molar-refractivity contribution in [1.82, 2.24) is 10.3 Å². The first-order chi connectivity index (χ1) is 8.78. The van der Waals surface area contributed by atoms with Gasteiger partial charge in [0.05, 0.1) is 7.11 Å². The van der Waals surface area contributed by atoms with E-state index in [0.717, 1.165) is 11.1 Å². The van der Waals surface area contributed by atoms with E-state index in [-0.39, 0.29) is 5.82 Å². The summed E-state index contributed by atoms with van der Waals surface area (Å²) in [4.78, 5) is 4.11. The molecule has 0 aliphatic heterocycles. The molecule has 2 aromatic rings. The fourth-order valence-electron chi connectivity index (χ4n) is 1.63. The molecule has 1 aromatic heterocycles. The number of methoxy groups -OCH3 is 1. The molecule has 0 atom stereocenters. The molecule has 0 radical (unpaired) electrons. The molecular weight excluding hydrogens is 231 g/mol. The van der Waals surface area contributed by atoms with Crippen molar-refractivity contribution in [2.24, 2.45) is 0 Å². The Morgan fingerprint density at radius 1 is 1.17 bits per heavy atom. The molecule has 3 nitrogen and oxygen atoms in total. The van der Waals surface area contributed by atoms with Gasteiger partial charge in [0.2, 0.25) is 5.88 Å². The zero-order valence-corrected chi connectivity index (χ0v) is 10.2. The molecule has 1 N–H and O–H groups in total. The Morgan fingerprint density at radius 3 is 2.67 bits per heavy atom. The predicted molar refractivity (Wildman–Crippen MR) is 67.7 cm³/mol. The number of nitrogens with zero attached hydrogens (tertiary/aromatic N) is 1. The number of ether oxygens (including phenoxy) is 1. The van der Waals surface area contributed by atoms with Crippen LogP contribution in [0.25, 0.3) is 0 Å². The monoisotopic (exact) mass is 246 g/mol. The molecule has 0 saturated heterocycles. The third kappa shape index (κ3) is 3.53. The average Bonchev–Trinajstić information content (AvgIpc) is 2.40. The Morgan fingerprint density at radius 2 is 2.00 bits per heavy atom. The predicted octanol–water partition coefficient (Wildman–Crippen LogP) is 2.52. The van der Waals surface area contributed by atoms with Crippen LogP contribution >= 0.6 is 0 Å². The number of pyridine rings is 1. The molecular formula is C14H15FN2O. The first kappa shape index (κ1) is 12.5. The van der Waals surface area contributed by atoms with Crippen LogP contribution in [0.1, 0.15) is 11.1 Å². The van der Waals surface area contributed by atoms with Gasteiger partial charge in [-0.25, -0.2) is 9.37 Å². The maximum Gasteiger partial charge on any atom is 0.212 e. The van der Waals surface area contributed by atoms with Crippen LogP contribution in [-0.2, 0) is 13.1 Å². The summed E-state index contributed by atoms with van der Waals surface area (Å²) >= 11 is 0. The average molecular weight is 246 g/mol. The zero-order chi connectivity index (χ0) is 12.8. The summed E-state index contributed by atoms with van der Waals surface area (Å²) in [6.07, 6.45) is 1.76. The number of hydrogen-bond acceptors (Lipinski definition) is 3. The standard InChI is InChI=1S/C14H15FN2O/c1-18-14-6-5-12(10-17-14)9-16-8-11-3-2-4-13(15)7-11/h2-7,10,16H,8-9H2,1H3. The van der Waals surface area contributed by atoms with E-state index in [0.29, 0.717) is 19.0 Å². The van der Waals surface area contributed by atoms with Gasteiger partial charge in [-0.05, 0) is 23.3 Å². The van der Waals surface area contributed by atoms with Crippen LogP contribution < -0.4 is 10.1 Å². The van der Waals surface area contributed by atoms with Gasteiger partial charge in [-0.2, -0.15) is 0 Å². The molecule has 0 unspecified atom stereocenters. The number of rotatable bonds is 5. The maximum atomic E-state index is 12.9. The van der Waals surface area contributed by atoms with Crippen LogP contribution in [-0.4, -0.2) is 12.1 Å². The Kier molecular flexibility index (Phi) is 4.25. The minimum absolute atomic E-state index is 0.208. The van der Waals surface area contributed by atoms with Gasteiger partial charge < -0.3 is 10.1 Å². The van der Waals surface area contributed by atoms with E-state index < -0.39 is 0 Å². The molecule has 0 saturated carbocycles. The third-order valence-electron chi connectivity index (χ3n) is 2.55. The molecule has 0 amide bonds. The maximum absolute atomic E-state index is 12.9. The number of aromatic nitrogens is 1. The molecule has 0 spiro atoms. The zero-order valence-electron chi connectivity index (χ0n) is 10.2. The van der Waals surface area contributed by atoms with Gasteiger partial charge in [0, 0.05) is 25.4 Å². The first-order valence-electron chi connectivity index (χ1n) is 5.72. The second-order valence-corrected chi connectivity index (χ2v) is 3.94. The smallest absolute Gasteiger partial charge is 0.212 e. The topological polar surface area (TPSA) is 34.1 Å². The van der Waals surface area contributed by atoms with Gasteiger partial charge in [-0.15, -0.1) is 0 Å². The van der Waals surface area contributed by atoms with Gasteiger partial charge in [0.15, 0.2) is 0 Å². The van der Waals surface area contributed by atoms with Crippen molar-refractivity contribution in [3.8, 4) is 5.88 Å². The third-order valence-corrected chi connectivity index (χ3v) is 2.55. The minimum Gasteiger partial charge on any atom is -0.481 e. The molecule has 0 fully saturated rings. The van der Waals surface area contributed by atoms with Crippen molar-refractivity contribution >= 4 is 0 Å². The highest BCUT2D eigenvalue weighted by Gasteiger charge is 1.97. The Hall–Kier alpha value is -1.94. The fraction of sp³-hybridized carbons (Fsp3) is 0.214. The molecule has 0 aliphatic carbocycles. The van der Waals surface area contributed by atoms with E-state index in [1.54, 1.807) is 19.4 Å². The number of benzene rings is 1. The summed E-state index contributed by atoms with van der Waals surface area (Å²) in [6, 6.07) is 10.3. The van der Waals surface area contributed by atoms with E-state index in [1.807, 2.05) is 18.2 Å². The Balaban J connectivity index is 1.84. The van der Waals surface area contributed by atoms with Crippen molar-refractivity contribution in [1.29, 1.82) is 0 Å². The van der Waals surface area contributed by atoms with E-state index in [4.69, 9.17) is 4.74 Å². The van der Waals surface area contributed by atoms with Crippen LogP contribution in [0, 0.1) is 5.82 Å². The van der Waals surface area contributed by atoms with Crippen molar-refractivity contribution in [2.75, 3.05) is 7.11 Å². The van der Waals surface area contributed by atoms with E-state index >= 15 is 0 Å². The number of hydrogen-bond donors (Lipinski definition) is 1.